The van der Waals surface area contributed by atoms with Gasteiger partial charge in [-0.3, -0.25) is 4.79 Å². The quantitative estimate of drug-likeness (QED) is 0.331. The second kappa shape index (κ2) is 9.29. The van der Waals surface area contributed by atoms with Crippen LogP contribution in [0.5, 0.6) is 5.75 Å². The Hall–Kier alpha value is -3.67. The number of carbonyl (C=O) groups excluding carboxylic acids is 1. The highest BCUT2D eigenvalue weighted by atomic mass is 19.1. The molecular weight excluding hydrogens is 429 g/mol. The number of imidazole rings is 1. The number of hydrogen-bond donors (Lipinski definition) is 0. The van der Waals surface area contributed by atoms with Crippen molar-refractivity contribution in [2.75, 3.05) is 18.1 Å². The predicted molar refractivity (Wildman–Crippen MR) is 132 cm³/mol. The number of benzene rings is 3. The van der Waals surface area contributed by atoms with Crippen molar-refractivity contribution < 1.29 is 13.9 Å². The van der Waals surface area contributed by atoms with Crippen LogP contribution in [-0.2, 0) is 11.3 Å². The van der Waals surface area contributed by atoms with Crippen LogP contribution in [-0.4, -0.2) is 28.6 Å². The molecule has 5 nitrogen and oxygen atoms in total. The van der Waals surface area contributed by atoms with Crippen LogP contribution >= 0.6 is 0 Å². The van der Waals surface area contributed by atoms with E-state index < -0.39 is 0 Å². The lowest BCUT2D eigenvalue weighted by Crippen LogP contribution is -2.24. The van der Waals surface area contributed by atoms with Crippen LogP contribution in [0.1, 0.15) is 35.7 Å². The van der Waals surface area contributed by atoms with Crippen LogP contribution in [0, 0.1) is 19.7 Å². The molecule has 6 heteroatoms. The summed E-state index contributed by atoms with van der Waals surface area (Å²) in [5.41, 5.74) is 4.94. The topological polar surface area (TPSA) is 47.4 Å². The Morgan fingerprint density at radius 3 is 2.62 bits per heavy atom. The summed E-state index contributed by atoms with van der Waals surface area (Å²) < 4.78 is 22.0. The number of carbonyl (C=O) groups is 1. The Morgan fingerprint density at radius 1 is 1.03 bits per heavy atom. The molecule has 1 aromatic heterocycles. The normalized spacial score (nSPS) is 15.9. The molecule has 1 aliphatic rings. The largest absolute Gasteiger partial charge is 0.494 e. The molecule has 1 unspecified atom stereocenters. The third-order valence-corrected chi connectivity index (χ3v) is 6.28. The average Bonchev–Trinajstić information content (AvgIpc) is 3.36. The van der Waals surface area contributed by atoms with Gasteiger partial charge in [0, 0.05) is 31.1 Å². The van der Waals surface area contributed by atoms with Gasteiger partial charge in [0.15, 0.2) is 0 Å². The molecule has 0 bridgehead atoms. The molecule has 1 saturated heterocycles. The molecule has 1 aliphatic heterocycles. The number of halogens is 1. The Balaban J connectivity index is 1.34. The SMILES string of the molecule is Cc1cc(C)cc(OCCCn2c(C3CC(=O)N(c4cccc(F)c4)C3)nc3ccccc32)c1. The van der Waals surface area contributed by atoms with Crippen molar-refractivity contribution in [3.63, 3.8) is 0 Å². The van der Waals surface area contributed by atoms with E-state index in [1.807, 2.05) is 18.2 Å². The molecule has 1 fully saturated rings. The molecule has 0 spiro atoms. The summed E-state index contributed by atoms with van der Waals surface area (Å²) in [5.74, 6) is 1.39. The molecule has 174 valence electrons. The number of nitrogens with zero attached hydrogens (tertiary/aromatic N) is 3. The van der Waals surface area contributed by atoms with Crippen LogP contribution < -0.4 is 9.64 Å². The van der Waals surface area contributed by atoms with Gasteiger partial charge in [-0.1, -0.05) is 24.3 Å². The van der Waals surface area contributed by atoms with E-state index in [2.05, 4.69) is 42.7 Å². The highest BCUT2D eigenvalue weighted by molar-refractivity contribution is 5.96. The summed E-state index contributed by atoms with van der Waals surface area (Å²) in [6, 6.07) is 20.5. The minimum atomic E-state index is -0.343. The molecule has 0 saturated carbocycles. The standard InChI is InChI=1S/C28H28FN3O2/c1-19-13-20(2)15-24(14-19)34-12-6-11-31-26-10-4-3-9-25(26)30-28(31)21-16-27(33)32(18-21)23-8-5-7-22(29)17-23/h3-5,7-10,13-15,17,21H,6,11-12,16,18H2,1-2H3. The zero-order valence-electron chi connectivity index (χ0n) is 19.5. The van der Waals surface area contributed by atoms with Gasteiger partial charge in [0.1, 0.15) is 17.4 Å². The molecule has 4 aromatic rings. The second-order valence-corrected chi connectivity index (χ2v) is 9.02. The fourth-order valence-corrected chi connectivity index (χ4v) is 4.84. The van der Waals surface area contributed by atoms with Crippen LogP contribution in [0.4, 0.5) is 10.1 Å². The Kier molecular flexibility index (Phi) is 6.05. The summed E-state index contributed by atoms with van der Waals surface area (Å²) in [5, 5.41) is 0. The molecule has 34 heavy (non-hydrogen) atoms. The van der Waals surface area contributed by atoms with E-state index in [0.717, 1.165) is 35.6 Å². The van der Waals surface area contributed by atoms with E-state index in [9.17, 15) is 9.18 Å². The van der Waals surface area contributed by atoms with Gasteiger partial charge in [0.25, 0.3) is 0 Å². The molecule has 1 atom stereocenters. The zero-order chi connectivity index (χ0) is 23.7. The van der Waals surface area contributed by atoms with Crippen LogP contribution in [0.15, 0.2) is 66.7 Å². The molecular formula is C28H28FN3O2. The third-order valence-electron chi connectivity index (χ3n) is 6.28. The first-order valence-electron chi connectivity index (χ1n) is 11.7. The molecule has 3 aromatic carbocycles. The van der Waals surface area contributed by atoms with Gasteiger partial charge in [-0.2, -0.15) is 0 Å². The number of fused-ring (bicyclic) bond motifs is 1. The molecule has 0 radical (unpaired) electrons. The van der Waals surface area contributed by atoms with Crippen molar-refractivity contribution in [1.29, 1.82) is 0 Å². The van der Waals surface area contributed by atoms with E-state index in [1.165, 1.54) is 23.3 Å². The maximum atomic E-state index is 13.7. The van der Waals surface area contributed by atoms with Crippen molar-refractivity contribution in [1.82, 2.24) is 9.55 Å². The van der Waals surface area contributed by atoms with Crippen LogP contribution in [0.3, 0.4) is 0 Å². The van der Waals surface area contributed by atoms with Gasteiger partial charge in [0.05, 0.1) is 17.6 Å². The van der Waals surface area contributed by atoms with E-state index in [1.54, 1.807) is 17.0 Å². The fraction of sp³-hybridized carbons (Fsp3) is 0.286. The lowest BCUT2D eigenvalue weighted by molar-refractivity contribution is -0.117. The second-order valence-electron chi connectivity index (χ2n) is 9.02. The summed E-state index contributed by atoms with van der Waals surface area (Å²) >= 11 is 0. The lowest BCUT2D eigenvalue weighted by Gasteiger charge is -2.17. The highest BCUT2D eigenvalue weighted by Crippen LogP contribution is 2.33. The van der Waals surface area contributed by atoms with Crippen LogP contribution in [0.25, 0.3) is 11.0 Å². The van der Waals surface area contributed by atoms with Gasteiger partial charge in [-0.05, 0) is 73.9 Å². The average molecular weight is 458 g/mol. The van der Waals surface area contributed by atoms with E-state index in [4.69, 9.17) is 9.72 Å². The number of aryl methyl sites for hydroxylation is 3. The summed E-state index contributed by atoms with van der Waals surface area (Å²) in [6.45, 7) is 5.96. The molecule has 1 amide bonds. The Morgan fingerprint density at radius 2 is 1.82 bits per heavy atom. The lowest BCUT2D eigenvalue weighted by atomic mass is 10.1. The van der Waals surface area contributed by atoms with Crippen molar-refractivity contribution >= 4 is 22.6 Å². The minimum absolute atomic E-state index is 0.00708. The maximum absolute atomic E-state index is 13.7. The van der Waals surface area contributed by atoms with Crippen molar-refractivity contribution in [3.05, 3.63) is 89.5 Å². The number of anilines is 1. The van der Waals surface area contributed by atoms with Gasteiger partial charge < -0.3 is 14.2 Å². The van der Waals surface area contributed by atoms with Crippen molar-refractivity contribution in [2.24, 2.45) is 0 Å². The summed E-state index contributed by atoms with van der Waals surface area (Å²) in [7, 11) is 0. The number of rotatable bonds is 7. The van der Waals surface area contributed by atoms with Gasteiger partial charge in [-0.15, -0.1) is 0 Å². The molecule has 0 N–H and O–H groups in total. The number of hydrogen-bond acceptors (Lipinski definition) is 3. The first-order valence-corrected chi connectivity index (χ1v) is 11.7. The first-order chi connectivity index (χ1) is 16.5. The van der Waals surface area contributed by atoms with Gasteiger partial charge in [0.2, 0.25) is 5.91 Å². The van der Waals surface area contributed by atoms with Gasteiger partial charge >= 0.3 is 0 Å². The fourth-order valence-electron chi connectivity index (χ4n) is 4.84. The minimum Gasteiger partial charge on any atom is -0.494 e. The molecule has 0 aliphatic carbocycles. The Labute approximate surface area is 198 Å². The first kappa shape index (κ1) is 22.1. The zero-order valence-corrected chi connectivity index (χ0v) is 19.5. The smallest absolute Gasteiger partial charge is 0.227 e. The van der Waals surface area contributed by atoms with E-state index in [-0.39, 0.29) is 17.6 Å². The van der Waals surface area contributed by atoms with E-state index in [0.29, 0.717) is 25.3 Å². The molecule has 5 rings (SSSR count). The summed E-state index contributed by atoms with van der Waals surface area (Å²) in [6.07, 6.45) is 1.17. The Bertz CT molecular complexity index is 1330. The van der Waals surface area contributed by atoms with Crippen molar-refractivity contribution in [2.45, 2.75) is 39.2 Å². The number of amides is 1. The highest BCUT2D eigenvalue weighted by Gasteiger charge is 2.34. The number of ether oxygens (including phenoxy) is 1. The third kappa shape index (κ3) is 4.53. The van der Waals surface area contributed by atoms with Gasteiger partial charge in [-0.25, -0.2) is 9.37 Å². The maximum Gasteiger partial charge on any atom is 0.227 e. The van der Waals surface area contributed by atoms with Crippen molar-refractivity contribution in [3.8, 4) is 5.75 Å². The summed E-state index contributed by atoms with van der Waals surface area (Å²) in [4.78, 5) is 19.4. The number of para-hydroxylation sites is 2. The monoisotopic (exact) mass is 457 g/mol. The predicted octanol–water partition coefficient (Wildman–Crippen LogP) is 5.78. The number of aromatic nitrogens is 2. The molecule has 2 heterocycles. The van der Waals surface area contributed by atoms with Crippen LogP contribution in [0.2, 0.25) is 0 Å². The van der Waals surface area contributed by atoms with E-state index >= 15 is 0 Å².